The second-order valence-electron chi connectivity index (χ2n) is 6.65. The molecule has 0 saturated carbocycles. The SMILES string of the molecule is NS(=O)(=O)c1cc([N+](=O)[O-])ccc1N1CCCC(COc2ccccc2Cl)C1. The second-order valence-corrected chi connectivity index (χ2v) is 8.59. The van der Waals surface area contributed by atoms with E-state index >= 15 is 0 Å². The summed E-state index contributed by atoms with van der Waals surface area (Å²) in [4.78, 5) is 12.0. The van der Waals surface area contributed by atoms with Crippen molar-refractivity contribution in [3.8, 4) is 5.75 Å². The monoisotopic (exact) mass is 425 g/mol. The van der Waals surface area contributed by atoms with E-state index in [1.54, 1.807) is 12.1 Å². The van der Waals surface area contributed by atoms with Gasteiger partial charge in [0.15, 0.2) is 0 Å². The first-order valence-electron chi connectivity index (χ1n) is 8.69. The number of sulfonamides is 1. The van der Waals surface area contributed by atoms with E-state index < -0.39 is 14.9 Å². The van der Waals surface area contributed by atoms with Crippen LogP contribution < -0.4 is 14.8 Å². The maximum absolute atomic E-state index is 12.0. The third-order valence-corrected chi connectivity index (χ3v) is 5.88. The van der Waals surface area contributed by atoms with Crippen LogP contribution in [0.2, 0.25) is 5.02 Å². The van der Waals surface area contributed by atoms with E-state index in [1.807, 2.05) is 17.0 Å². The number of nitrogens with zero attached hydrogens (tertiary/aromatic N) is 2. The van der Waals surface area contributed by atoms with Crippen LogP contribution in [0.25, 0.3) is 0 Å². The molecule has 3 rings (SSSR count). The molecule has 1 aliphatic rings. The lowest BCUT2D eigenvalue weighted by Crippen LogP contribution is -2.38. The van der Waals surface area contributed by atoms with Gasteiger partial charge in [-0.1, -0.05) is 23.7 Å². The molecule has 0 aliphatic carbocycles. The van der Waals surface area contributed by atoms with Crippen LogP contribution in [-0.4, -0.2) is 33.0 Å². The Bertz CT molecular complexity index is 983. The highest BCUT2D eigenvalue weighted by Gasteiger charge is 2.27. The predicted octanol–water partition coefficient (Wildman–Crippen LogP) is 3.19. The molecule has 0 bridgehead atoms. The molecule has 8 nitrogen and oxygen atoms in total. The summed E-state index contributed by atoms with van der Waals surface area (Å²) >= 11 is 6.11. The molecule has 1 aliphatic heterocycles. The van der Waals surface area contributed by atoms with Gasteiger partial charge in [-0.2, -0.15) is 0 Å². The Morgan fingerprint density at radius 3 is 2.71 bits per heavy atom. The van der Waals surface area contributed by atoms with Gasteiger partial charge in [-0.15, -0.1) is 0 Å². The van der Waals surface area contributed by atoms with E-state index in [2.05, 4.69) is 0 Å². The van der Waals surface area contributed by atoms with Crippen LogP contribution in [0.3, 0.4) is 0 Å². The Morgan fingerprint density at radius 1 is 1.29 bits per heavy atom. The minimum Gasteiger partial charge on any atom is -0.492 e. The average Bonchev–Trinajstić information content (AvgIpc) is 2.66. The zero-order chi connectivity index (χ0) is 20.3. The van der Waals surface area contributed by atoms with E-state index in [0.29, 0.717) is 36.2 Å². The predicted molar refractivity (Wildman–Crippen MR) is 106 cm³/mol. The van der Waals surface area contributed by atoms with Gasteiger partial charge < -0.3 is 9.64 Å². The smallest absolute Gasteiger partial charge is 0.270 e. The first-order valence-corrected chi connectivity index (χ1v) is 10.6. The Balaban J connectivity index is 1.78. The Labute approximate surface area is 168 Å². The van der Waals surface area contributed by atoms with Crippen molar-refractivity contribution < 1.29 is 18.1 Å². The van der Waals surface area contributed by atoms with Gasteiger partial charge >= 0.3 is 0 Å². The summed E-state index contributed by atoms with van der Waals surface area (Å²) < 4.78 is 29.8. The zero-order valence-corrected chi connectivity index (χ0v) is 16.5. The standard InChI is InChI=1S/C18H20ClN3O5S/c19-15-5-1-2-6-17(15)27-12-13-4-3-9-21(11-13)16-8-7-14(22(23)24)10-18(16)28(20,25)26/h1-2,5-8,10,13H,3-4,9,11-12H2,(H2,20,25,26). The number of nitrogens with two attached hydrogens (primary N) is 1. The van der Waals surface area contributed by atoms with Crippen LogP contribution in [-0.2, 0) is 10.0 Å². The molecule has 0 aromatic heterocycles. The molecule has 1 atom stereocenters. The maximum Gasteiger partial charge on any atom is 0.270 e. The molecule has 0 spiro atoms. The minimum atomic E-state index is -4.11. The van der Waals surface area contributed by atoms with Crippen LogP contribution in [0.1, 0.15) is 12.8 Å². The molecule has 1 fully saturated rings. The van der Waals surface area contributed by atoms with Crippen molar-refractivity contribution in [3.63, 3.8) is 0 Å². The Morgan fingerprint density at radius 2 is 2.04 bits per heavy atom. The molecule has 10 heteroatoms. The molecule has 28 heavy (non-hydrogen) atoms. The Kier molecular flexibility index (Phi) is 6.07. The summed E-state index contributed by atoms with van der Waals surface area (Å²) in [6.07, 6.45) is 1.75. The third-order valence-electron chi connectivity index (χ3n) is 4.63. The van der Waals surface area contributed by atoms with Gasteiger partial charge in [0.2, 0.25) is 10.0 Å². The highest BCUT2D eigenvalue weighted by molar-refractivity contribution is 7.89. The molecule has 150 valence electrons. The minimum absolute atomic E-state index is 0.147. The fraction of sp³-hybridized carbons (Fsp3) is 0.333. The lowest BCUT2D eigenvalue weighted by atomic mass is 9.98. The van der Waals surface area contributed by atoms with Crippen molar-refractivity contribution >= 4 is 33.0 Å². The lowest BCUT2D eigenvalue weighted by molar-refractivity contribution is -0.385. The van der Waals surface area contributed by atoms with E-state index in [9.17, 15) is 18.5 Å². The van der Waals surface area contributed by atoms with Crippen molar-refractivity contribution in [3.05, 3.63) is 57.6 Å². The summed E-state index contributed by atoms with van der Waals surface area (Å²) in [5, 5.41) is 16.8. The molecule has 1 saturated heterocycles. The topological polar surface area (TPSA) is 116 Å². The fourth-order valence-electron chi connectivity index (χ4n) is 3.29. The van der Waals surface area contributed by atoms with Gasteiger partial charge in [0, 0.05) is 31.1 Å². The number of para-hydroxylation sites is 1. The number of piperidine rings is 1. The van der Waals surface area contributed by atoms with Crippen LogP contribution in [0.15, 0.2) is 47.4 Å². The first-order chi connectivity index (χ1) is 13.3. The van der Waals surface area contributed by atoms with Crippen LogP contribution >= 0.6 is 11.6 Å². The number of anilines is 1. The number of non-ortho nitro benzene ring substituents is 1. The van der Waals surface area contributed by atoms with E-state index in [-0.39, 0.29) is 16.5 Å². The number of halogens is 1. The molecule has 2 aromatic carbocycles. The van der Waals surface area contributed by atoms with Gasteiger partial charge in [-0.25, -0.2) is 13.6 Å². The number of ether oxygens (including phenoxy) is 1. The number of rotatable bonds is 6. The summed E-state index contributed by atoms with van der Waals surface area (Å²) in [6, 6.07) is 10.9. The molecule has 0 radical (unpaired) electrons. The highest BCUT2D eigenvalue weighted by atomic mass is 35.5. The van der Waals surface area contributed by atoms with E-state index in [4.69, 9.17) is 21.5 Å². The van der Waals surface area contributed by atoms with Crippen molar-refractivity contribution in [1.82, 2.24) is 0 Å². The van der Waals surface area contributed by atoms with Crippen molar-refractivity contribution in [1.29, 1.82) is 0 Å². The average molecular weight is 426 g/mol. The number of benzene rings is 2. The second kappa shape index (κ2) is 8.34. The molecule has 1 heterocycles. The van der Waals surface area contributed by atoms with Gasteiger partial charge in [-0.05, 0) is 31.0 Å². The lowest BCUT2D eigenvalue weighted by Gasteiger charge is -2.35. The summed E-state index contributed by atoms with van der Waals surface area (Å²) in [5.74, 6) is 0.746. The maximum atomic E-state index is 12.0. The fourth-order valence-corrected chi connectivity index (χ4v) is 4.26. The summed E-state index contributed by atoms with van der Waals surface area (Å²) in [7, 11) is -4.11. The van der Waals surface area contributed by atoms with Crippen LogP contribution in [0, 0.1) is 16.0 Å². The zero-order valence-electron chi connectivity index (χ0n) is 15.0. The number of primary sulfonamides is 1. The van der Waals surface area contributed by atoms with Gasteiger partial charge in [0.05, 0.1) is 22.2 Å². The van der Waals surface area contributed by atoms with Crippen molar-refractivity contribution in [2.24, 2.45) is 11.1 Å². The number of nitro benzene ring substituents is 1. The molecule has 2 N–H and O–H groups in total. The highest BCUT2D eigenvalue weighted by Crippen LogP contribution is 2.32. The van der Waals surface area contributed by atoms with Crippen LogP contribution in [0.5, 0.6) is 5.75 Å². The normalized spacial score (nSPS) is 17.4. The molecule has 1 unspecified atom stereocenters. The molecule has 0 amide bonds. The summed E-state index contributed by atoms with van der Waals surface area (Å²) in [5.41, 5.74) is 0.0546. The molecular weight excluding hydrogens is 406 g/mol. The molecular formula is C18H20ClN3O5S. The third kappa shape index (κ3) is 4.73. The van der Waals surface area contributed by atoms with Crippen molar-refractivity contribution in [2.45, 2.75) is 17.7 Å². The van der Waals surface area contributed by atoms with E-state index in [1.165, 1.54) is 12.1 Å². The number of hydrogen-bond acceptors (Lipinski definition) is 6. The first kappa shape index (κ1) is 20.4. The van der Waals surface area contributed by atoms with Gasteiger partial charge in [0.25, 0.3) is 5.69 Å². The van der Waals surface area contributed by atoms with Crippen molar-refractivity contribution in [2.75, 3.05) is 24.6 Å². The van der Waals surface area contributed by atoms with E-state index in [0.717, 1.165) is 18.9 Å². The van der Waals surface area contributed by atoms with Crippen LogP contribution in [0.4, 0.5) is 11.4 Å². The summed E-state index contributed by atoms with van der Waals surface area (Å²) in [6.45, 7) is 1.60. The number of nitro groups is 1. The number of hydrogen-bond donors (Lipinski definition) is 1. The van der Waals surface area contributed by atoms with Gasteiger partial charge in [-0.3, -0.25) is 10.1 Å². The molecule has 2 aromatic rings. The Hall–Kier alpha value is -2.36. The van der Waals surface area contributed by atoms with Gasteiger partial charge in [0.1, 0.15) is 10.6 Å². The quantitative estimate of drug-likeness (QED) is 0.561. The largest absolute Gasteiger partial charge is 0.492 e.